The van der Waals surface area contributed by atoms with Gasteiger partial charge in [-0.1, -0.05) is 0 Å². The standard InChI is InChI=1S/C24H30N6O4/c1-34-24(33)27-20-16-18(22(31)30-12-8-25-9-13-30)5-6-21(20)28-10-3-11-29(15-14-28)23(32)19-4-2-7-26-17-19/h2,4-7,16-17,25H,3,8-15H2,1H3,(H,27,33). The zero-order chi connectivity index (χ0) is 23.9. The molecule has 0 radical (unpaired) electrons. The molecule has 180 valence electrons. The maximum absolute atomic E-state index is 13.0. The van der Waals surface area contributed by atoms with E-state index in [1.165, 1.54) is 7.11 Å². The number of pyridine rings is 1. The number of aromatic nitrogens is 1. The summed E-state index contributed by atoms with van der Waals surface area (Å²) in [5, 5.41) is 6.00. The third-order valence-electron chi connectivity index (χ3n) is 6.10. The molecule has 2 aromatic rings. The van der Waals surface area contributed by atoms with Crippen LogP contribution in [0.2, 0.25) is 0 Å². The molecular weight excluding hydrogens is 436 g/mol. The summed E-state index contributed by atoms with van der Waals surface area (Å²) in [6, 6.07) is 8.89. The molecule has 0 aliphatic carbocycles. The van der Waals surface area contributed by atoms with E-state index < -0.39 is 6.09 Å². The number of nitrogens with one attached hydrogen (secondary N) is 2. The molecule has 0 unspecified atom stereocenters. The zero-order valence-corrected chi connectivity index (χ0v) is 19.3. The first kappa shape index (κ1) is 23.5. The highest BCUT2D eigenvalue weighted by Gasteiger charge is 2.24. The average Bonchev–Trinajstić information content (AvgIpc) is 3.15. The highest BCUT2D eigenvalue weighted by Crippen LogP contribution is 2.29. The van der Waals surface area contributed by atoms with Crippen LogP contribution in [0.15, 0.2) is 42.7 Å². The van der Waals surface area contributed by atoms with Gasteiger partial charge in [-0.05, 0) is 36.8 Å². The lowest BCUT2D eigenvalue weighted by Gasteiger charge is -2.29. The first-order valence-corrected chi connectivity index (χ1v) is 11.5. The van der Waals surface area contributed by atoms with E-state index in [1.807, 2.05) is 11.0 Å². The fraction of sp³-hybridized carbons (Fsp3) is 0.417. The van der Waals surface area contributed by atoms with Crippen LogP contribution in [0.4, 0.5) is 16.2 Å². The van der Waals surface area contributed by atoms with E-state index >= 15 is 0 Å². The van der Waals surface area contributed by atoms with Gasteiger partial charge in [0.25, 0.3) is 11.8 Å². The Balaban J connectivity index is 1.53. The molecule has 2 N–H and O–H groups in total. The zero-order valence-electron chi connectivity index (χ0n) is 19.3. The van der Waals surface area contributed by atoms with Gasteiger partial charge in [0.05, 0.1) is 24.0 Å². The number of hydrogen-bond donors (Lipinski definition) is 2. The van der Waals surface area contributed by atoms with Crippen LogP contribution < -0.4 is 15.5 Å². The van der Waals surface area contributed by atoms with Gasteiger partial charge < -0.3 is 24.8 Å². The fourth-order valence-corrected chi connectivity index (χ4v) is 4.29. The predicted molar refractivity (Wildman–Crippen MR) is 128 cm³/mol. The lowest BCUT2D eigenvalue weighted by Crippen LogP contribution is -2.46. The maximum atomic E-state index is 13.0. The monoisotopic (exact) mass is 466 g/mol. The summed E-state index contributed by atoms with van der Waals surface area (Å²) in [4.78, 5) is 47.7. The molecule has 10 nitrogen and oxygen atoms in total. The minimum Gasteiger partial charge on any atom is -0.453 e. The van der Waals surface area contributed by atoms with Gasteiger partial charge in [0.1, 0.15) is 0 Å². The van der Waals surface area contributed by atoms with Gasteiger partial charge in [0.2, 0.25) is 0 Å². The van der Waals surface area contributed by atoms with Crippen LogP contribution >= 0.6 is 0 Å². The van der Waals surface area contributed by atoms with Gasteiger partial charge in [-0.15, -0.1) is 0 Å². The van der Waals surface area contributed by atoms with Crippen molar-refractivity contribution in [3.05, 3.63) is 53.9 Å². The van der Waals surface area contributed by atoms with Crippen molar-refractivity contribution in [3.8, 4) is 0 Å². The van der Waals surface area contributed by atoms with Crippen LogP contribution in [-0.4, -0.2) is 92.2 Å². The van der Waals surface area contributed by atoms with E-state index in [-0.39, 0.29) is 11.8 Å². The number of carbonyl (C=O) groups excluding carboxylic acids is 3. The molecular formula is C24H30N6O4. The third kappa shape index (κ3) is 5.45. The number of hydrogen-bond acceptors (Lipinski definition) is 7. The van der Waals surface area contributed by atoms with E-state index in [9.17, 15) is 14.4 Å². The largest absolute Gasteiger partial charge is 0.453 e. The second-order valence-electron chi connectivity index (χ2n) is 8.27. The van der Waals surface area contributed by atoms with Crippen molar-refractivity contribution in [2.24, 2.45) is 0 Å². The summed E-state index contributed by atoms with van der Waals surface area (Å²) in [6.07, 6.45) is 3.40. The average molecular weight is 467 g/mol. The first-order valence-electron chi connectivity index (χ1n) is 11.5. The van der Waals surface area contributed by atoms with Gasteiger partial charge in [0.15, 0.2) is 0 Å². The minimum absolute atomic E-state index is 0.0418. The second kappa shape index (κ2) is 11.0. The van der Waals surface area contributed by atoms with Crippen LogP contribution in [0, 0.1) is 0 Å². The van der Waals surface area contributed by atoms with Crippen LogP contribution in [0.3, 0.4) is 0 Å². The summed E-state index contributed by atoms with van der Waals surface area (Å²) in [7, 11) is 1.30. The number of nitrogens with zero attached hydrogens (tertiary/aromatic N) is 4. The molecule has 2 saturated heterocycles. The topological polar surface area (TPSA) is 107 Å². The Morgan fingerprint density at radius 2 is 1.71 bits per heavy atom. The van der Waals surface area contributed by atoms with E-state index in [1.54, 1.807) is 41.6 Å². The molecule has 3 amide bonds. The Bertz CT molecular complexity index is 1030. The summed E-state index contributed by atoms with van der Waals surface area (Å²) in [5.41, 5.74) is 2.39. The van der Waals surface area contributed by atoms with Crippen molar-refractivity contribution >= 4 is 29.3 Å². The number of anilines is 2. The number of amides is 3. The van der Waals surface area contributed by atoms with Gasteiger partial charge in [-0.25, -0.2) is 4.79 Å². The molecule has 2 aliphatic rings. The molecule has 0 atom stereocenters. The number of methoxy groups -OCH3 is 1. The van der Waals surface area contributed by atoms with Crippen LogP contribution in [-0.2, 0) is 4.74 Å². The second-order valence-corrected chi connectivity index (χ2v) is 8.27. The highest BCUT2D eigenvalue weighted by atomic mass is 16.5. The summed E-state index contributed by atoms with van der Waals surface area (Å²) in [5.74, 6) is -0.107. The Morgan fingerprint density at radius 3 is 2.44 bits per heavy atom. The van der Waals surface area contributed by atoms with Gasteiger partial charge in [-0.3, -0.25) is 19.9 Å². The Hall–Kier alpha value is -3.66. The minimum atomic E-state index is -0.601. The van der Waals surface area contributed by atoms with E-state index in [2.05, 4.69) is 20.5 Å². The van der Waals surface area contributed by atoms with Crippen molar-refractivity contribution in [1.82, 2.24) is 20.1 Å². The third-order valence-corrected chi connectivity index (χ3v) is 6.10. The van der Waals surface area contributed by atoms with Crippen molar-refractivity contribution < 1.29 is 19.1 Å². The molecule has 2 fully saturated rings. The molecule has 0 bridgehead atoms. The Morgan fingerprint density at radius 1 is 0.941 bits per heavy atom. The molecule has 34 heavy (non-hydrogen) atoms. The van der Waals surface area contributed by atoms with Crippen molar-refractivity contribution in [1.29, 1.82) is 0 Å². The Labute approximate surface area is 198 Å². The molecule has 1 aromatic carbocycles. The lowest BCUT2D eigenvalue weighted by molar-refractivity contribution is 0.0734. The van der Waals surface area contributed by atoms with Gasteiger partial charge in [-0.2, -0.15) is 0 Å². The molecule has 3 heterocycles. The quantitative estimate of drug-likeness (QED) is 0.706. The van der Waals surface area contributed by atoms with E-state index in [0.717, 1.165) is 25.2 Å². The van der Waals surface area contributed by atoms with Crippen molar-refractivity contribution in [2.45, 2.75) is 6.42 Å². The summed E-state index contributed by atoms with van der Waals surface area (Å²) < 4.78 is 4.80. The molecule has 0 spiro atoms. The highest BCUT2D eigenvalue weighted by molar-refractivity contribution is 5.99. The molecule has 4 rings (SSSR count). The summed E-state index contributed by atoms with van der Waals surface area (Å²) >= 11 is 0. The fourth-order valence-electron chi connectivity index (χ4n) is 4.29. The van der Waals surface area contributed by atoms with E-state index in [4.69, 9.17) is 4.74 Å². The normalized spacial score (nSPS) is 16.6. The number of piperazine rings is 1. The summed E-state index contributed by atoms with van der Waals surface area (Å²) in [6.45, 7) is 5.28. The van der Waals surface area contributed by atoms with Crippen molar-refractivity contribution in [2.75, 3.05) is 69.7 Å². The van der Waals surface area contributed by atoms with Gasteiger partial charge >= 0.3 is 6.09 Å². The number of ether oxygens (including phenoxy) is 1. The number of carbonyl (C=O) groups is 3. The van der Waals surface area contributed by atoms with Crippen LogP contribution in [0.1, 0.15) is 27.1 Å². The smallest absolute Gasteiger partial charge is 0.411 e. The molecule has 10 heteroatoms. The van der Waals surface area contributed by atoms with Crippen molar-refractivity contribution in [3.63, 3.8) is 0 Å². The van der Waals surface area contributed by atoms with Crippen LogP contribution in [0.25, 0.3) is 0 Å². The predicted octanol–water partition coefficient (Wildman–Crippen LogP) is 1.66. The molecule has 1 aromatic heterocycles. The lowest BCUT2D eigenvalue weighted by atomic mass is 10.1. The number of benzene rings is 1. The molecule has 2 aliphatic heterocycles. The first-order chi connectivity index (χ1) is 16.6. The Kier molecular flexibility index (Phi) is 7.58. The number of rotatable bonds is 4. The molecule has 0 saturated carbocycles. The SMILES string of the molecule is COC(=O)Nc1cc(C(=O)N2CCNCC2)ccc1N1CCCN(C(=O)c2cccnc2)CC1. The maximum Gasteiger partial charge on any atom is 0.411 e. The van der Waals surface area contributed by atoms with Gasteiger partial charge in [0, 0.05) is 70.3 Å². The van der Waals surface area contributed by atoms with Crippen LogP contribution in [0.5, 0.6) is 0 Å². The van der Waals surface area contributed by atoms with E-state index in [0.29, 0.717) is 56.1 Å².